The molecule has 0 aromatic carbocycles. The van der Waals surface area contributed by atoms with Crippen LogP contribution in [0.15, 0.2) is 0 Å². The summed E-state index contributed by atoms with van der Waals surface area (Å²) in [5.74, 6) is 0. The van der Waals surface area contributed by atoms with Gasteiger partial charge in [0.1, 0.15) is 0 Å². The Morgan fingerprint density at radius 2 is 2.00 bits per heavy atom. The van der Waals surface area contributed by atoms with Crippen molar-refractivity contribution in [2.45, 2.75) is 24.7 Å². The first kappa shape index (κ1) is 11.4. The third-order valence-corrected chi connectivity index (χ3v) is 2.27. The lowest BCUT2D eigenvalue weighted by atomic mass is 10.3. The summed E-state index contributed by atoms with van der Waals surface area (Å²) in [5.41, 5.74) is 0. The highest BCUT2D eigenvalue weighted by molar-refractivity contribution is 9.09. The second-order valence-corrected chi connectivity index (χ2v) is 4.38. The van der Waals surface area contributed by atoms with E-state index in [9.17, 15) is 0 Å². The molecule has 11 heavy (non-hydrogen) atoms. The molecule has 0 aliphatic carbocycles. The van der Waals surface area contributed by atoms with E-state index < -0.39 is 0 Å². The lowest BCUT2D eigenvalue weighted by Crippen LogP contribution is -2.33. The average Bonchev–Trinajstić information content (AvgIpc) is 1.87. The quantitative estimate of drug-likeness (QED) is 0.659. The number of halogens is 1. The Labute approximate surface area is 78.0 Å². The fraction of sp³-hybridized carbons (Fsp3) is 1.00. The van der Waals surface area contributed by atoms with Crippen molar-refractivity contribution in [2.24, 2.45) is 0 Å². The molecule has 0 heterocycles. The highest BCUT2D eigenvalue weighted by Gasteiger charge is 2.09. The molecule has 0 radical (unpaired) electrons. The van der Waals surface area contributed by atoms with Gasteiger partial charge in [0.15, 0.2) is 0 Å². The number of alkyl halides is 1. The Morgan fingerprint density at radius 3 is 2.36 bits per heavy atom. The first-order chi connectivity index (χ1) is 5.07. The Bertz CT molecular complexity index is 98.1. The van der Waals surface area contributed by atoms with E-state index in [1.807, 2.05) is 0 Å². The van der Waals surface area contributed by atoms with E-state index in [1.165, 1.54) is 0 Å². The largest absolute Gasteiger partial charge is 0.383 e. The lowest BCUT2D eigenvalue weighted by molar-refractivity contribution is 0.178. The summed E-state index contributed by atoms with van der Waals surface area (Å²) in [4.78, 5) is 2.73. The molecular weight excluding hydrogens is 206 g/mol. The van der Waals surface area contributed by atoms with E-state index in [0.29, 0.717) is 10.9 Å². The smallest absolute Gasteiger partial charge is 0.0600 e. The lowest BCUT2D eigenvalue weighted by Gasteiger charge is -2.23. The molecule has 0 saturated carbocycles. The topological polar surface area (TPSA) is 12.5 Å². The van der Waals surface area contributed by atoms with Crippen molar-refractivity contribution in [3.63, 3.8) is 0 Å². The third-order valence-electron chi connectivity index (χ3n) is 1.72. The minimum absolute atomic E-state index is 0.444. The van der Waals surface area contributed by atoms with Crippen LogP contribution in [0.2, 0.25) is 0 Å². The second kappa shape index (κ2) is 5.98. The highest BCUT2D eigenvalue weighted by Crippen LogP contribution is 2.04. The summed E-state index contributed by atoms with van der Waals surface area (Å²) in [6, 6.07) is 0.604. The van der Waals surface area contributed by atoms with Crippen molar-refractivity contribution in [2.75, 3.05) is 27.3 Å². The van der Waals surface area contributed by atoms with Crippen LogP contribution < -0.4 is 0 Å². The summed E-state index contributed by atoms with van der Waals surface area (Å²) in [6.07, 6.45) is 0. The molecule has 0 amide bonds. The summed E-state index contributed by atoms with van der Waals surface area (Å²) in [6.45, 7) is 6.18. The van der Waals surface area contributed by atoms with Crippen LogP contribution in [-0.4, -0.2) is 43.1 Å². The maximum atomic E-state index is 5.01. The molecule has 0 aromatic heterocycles. The normalized spacial score (nSPS) is 14.5. The summed E-state index contributed by atoms with van der Waals surface area (Å²) in [7, 11) is 3.85. The van der Waals surface area contributed by atoms with Gasteiger partial charge in [-0.25, -0.2) is 0 Å². The number of hydrogen-bond acceptors (Lipinski definition) is 2. The first-order valence-electron chi connectivity index (χ1n) is 3.91. The zero-order valence-electron chi connectivity index (χ0n) is 7.80. The van der Waals surface area contributed by atoms with Crippen LogP contribution in [-0.2, 0) is 4.74 Å². The van der Waals surface area contributed by atoms with Crippen molar-refractivity contribution in [1.29, 1.82) is 0 Å². The SMILES string of the molecule is COCC(Br)CN(C)C(C)C. The number of hydrogen-bond donors (Lipinski definition) is 0. The van der Waals surface area contributed by atoms with Gasteiger partial charge in [0, 0.05) is 19.7 Å². The van der Waals surface area contributed by atoms with Crippen LogP contribution in [0, 0.1) is 0 Å². The molecule has 0 aliphatic rings. The maximum Gasteiger partial charge on any atom is 0.0600 e. The van der Waals surface area contributed by atoms with Gasteiger partial charge in [-0.05, 0) is 20.9 Å². The van der Waals surface area contributed by atoms with Crippen LogP contribution in [0.25, 0.3) is 0 Å². The van der Waals surface area contributed by atoms with Crippen LogP contribution in [0.5, 0.6) is 0 Å². The minimum atomic E-state index is 0.444. The zero-order chi connectivity index (χ0) is 8.85. The van der Waals surface area contributed by atoms with Crippen LogP contribution in [0.1, 0.15) is 13.8 Å². The summed E-state index contributed by atoms with van der Waals surface area (Å²) >= 11 is 3.54. The van der Waals surface area contributed by atoms with Gasteiger partial charge in [0.25, 0.3) is 0 Å². The first-order valence-corrected chi connectivity index (χ1v) is 4.82. The van der Waals surface area contributed by atoms with E-state index >= 15 is 0 Å². The second-order valence-electron chi connectivity index (χ2n) is 3.09. The molecule has 1 unspecified atom stereocenters. The van der Waals surface area contributed by atoms with Gasteiger partial charge in [-0.1, -0.05) is 15.9 Å². The predicted molar refractivity (Wildman–Crippen MR) is 52.4 cm³/mol. The molecular formula is C8H18BrNO. The molecule has 0 bridgehead atoms. The number of rotatable bonds is 5. The van der Waals surface area contributed by atoms with E-state index in [0.717, 1.165) is 13.2 Å². The summed E-state index contributed by atoms with van der Waals surface area (Å²) in [5, 5.41) is 0. The average molecular weight is 224 g/mol. The molecule has 0 rings (SSSR count). The fourth-order valence-electron chi connectivity index (χ4n) is 0.757. The van der Waals surface area contributed by atoms with Gasteiger partial charge in [0.05, 0.1) is 11.4 Å². The Kier molecular flexibility index (Phi) is 6.19. The van der Waals surface area contributed by atoms with E-state index in [2.05, 4.69) is 41.7 Å². The maximum absolute atomic E-state index is 5.01. The molecule has 68 valence electrons. The van der Waals surface area contributed by atoms with E-state index in [-0.39, 0.29) is 0 Å². The van der Waals surface area contributed by atoms with Gasteiger partial charge in [-0.2, -0.15) is 0 Å². The Morgan fingerprint density at radius 1 is 1.45 bits per heavy atom. The van der Waals surface area contributed by atoms with Gasteiger partial charge in [-0.3, -0.25) is 0 Å². The van der Waals surface area contributed by atoms with Gasteiger partial charge < -0.3 is 9.64 Å². The standard InChI is InChI=1S/C8H18BrNO/c1-7(2)10(3)5-8(9)6-11-4/h7-8H,5-6H2,1-4H3. The molecule has 0 saturated heterocycles. The molecule has 0 aliphatic heterocycles. The number of methoxy groups -OCH3 is 1. The molecule has 2 nitrogen and oxygen atoms in total. The van der Waals surface area contributed by atoms with Crippen molar-refractivity contribution >= 4 is 15.9 Å². The molecule has 0 aromatic rings. The van der Waals surface area contributed by atoms with Gasteiger partial charge >= 0.3 is 0 Å². The number of ether oxygens (including phenoxy) is 1. The fourth-order valence-corrected chi connectivity index (χ4v) is 1.48. The minimum Gasteiger partial charge on any atom is -0.383 e. The van der Waals surface area contributed by atoms with Crippen molar-refractivity contribution in [1.82, 2.24) is 4.90 Å². The molecule has 1 atom stereocenters. The monoisotopic (exact) mass is 223 g/mol. The Balaban J connectivity index is 3.48. The van der Waals surface area contributed by atoms with Crippen LogP contribution in [0.4, 0.5) is 0 Å². The van der Waals surface area contributed by atoms with E-state index in [1.54, 1.807) is 7.11 Å². The highest BCUT2D eigenvalue weighted by atomic mass is 79.9. The molecule has 3 heteroatoms. The number of nitrogens with zero attached hydrogens (tertiary/aromatic N) is 1. The summed E-state index contributed by atoms with van der Waals surface area (Å²) < 4.78 is 5.01. The van der Waals surface area contributed by atoms with Crippen molar-refractivity contribution in [3.8, 4) is 0 Å². The molecule has 0 N–H and O–H groups in total. The molecule has 0 fully saturated rings. The van der Waals surface area contributed by atoms with Crippen molar-refractivity contribution in [3.05, 3.63) is 0 Å². The van der Waals surface area contributed by atoms with E-state index in [4.69, 9.17) is 4.74 Å². The Hall–Kier alpha value is 0.400. The van der Waals surface area contributed by atoms with Crippen LogP contribution in [0.3, 0.4) is 0 Å². The van der Waals surface area contributed by atoms with Crippen molar-refractivity contribution < 1.29 is 4.74 Å². The van der Waals surface area contributed by atoms with Gasteiger partial charge in [0.2, 0.25) is 0 Å². The van der Waals surface area contributed by atoms with Gasteiger partial charge in [-0.15, -0.1) is 0 Å². The third kappa shape index (κ3) is 5.65. The van der Waals surface area contributed by atoms with Crippen LogP contribution >= 0.6 is 15.9 Å². The zero-order valence-corrected chi connectivity index (χ0v) is 9.39. The predicted octanol–water partition coefficient (Wildman–Crippen LogP) is 1.74. The molecule has 0 spiro atoms.